The van der Waals surface area contributed by atoms with Gasteiger partial charge in [0, 0.05) is 79.2 Å². The quantitative estimate of drug-likeness (QED) is 0.0300. The molecule has 0 aliphatic carbocycles. The second-order valence-corrected chi connectivity index (χ2v) is 28.1. The maximum Gasteiger partial charge on any atom is 0.478 e. The number of hydrogen-bond acceptors (Lipinski definition) is 25. The summed E-state index contributed by atoms with van der Waals surface area (Å²) in [6.45, 7) is 10.2. The van der Waals surface area contributed by atoms with Crippen LogP contribution in [0.5, 0.6) is 0 Å². The molecule has 88 heavy (non-hydrogen) atoms. The SMILES string of the molecule is CN=C1NCN(C2CCC(COP(=O)(O)OCC(C)(C)C(C)C(=O)NCCC(=O)NCSC(C)=O)O2)c2nc[nH]c21.O.O.[B]P(=O)(OCC1CCC(N2CNC(=NC)c3[nH]cnc32)O1)OP(=O)(O)OCC(C)(C)C(O)C(=O)NCCC(=O)NCSC(C)=O.[HH].[HH].[HH].[HH].[HH].[HH]. The van der Waals surface area contributed by atoms with Crippen molar-refractivity contribution >= 4 is 111 Å². The molecule has 35 nitrogen and oxygen atoms in total. The molecule has 4 aliphatic rings. The van der Waals surface area contributed by atoms with Crippen LogP contribution in [0.4, 0.5) is 11.6 Å². The predicted octanol–water partition coefficient (Wildman–Crippen LogP) is 1.47. The standard InChI is InChI=1S/C24H40N7O8PS.C23H38BN7O11P2S.2H2O.6H2/c1-15(23(34)26-9-8-18(33)30-14-41-16(2)32)24(3,4)11-38-40(35,36)37-10-17-6-7-19(39-17)31-13-29-21(25-5)20-22(31)28-12-27-20;1-14(32)45-13-30-16(33)7-8-26-22(35)19(34)23(2,3)10-40-44(37,38)42-43(24,36)39-9-15-5-6-17(41-15)31-12-29-20(25-4)18-21(31)28-11-27-18;;;;;;;;/h12,15,17,19H,6-11,13-14H2,1-5H3,(H,25,29)(H,26,34)(H,27,28)(H,30,33)(H,35,36);11,15,17,19,34H,5-10,12-13H2,1-4H3,(H,25,29)(H,26,35)(H,27,28)(H,30,33)(H,37,38);2*1H2;6*1H. The van der Waals surface area contributed by atoms with E-state index in [9.17, 15) is 57.4 Å². The highest BCUT2D eigenvalue weighted by molar-refractivity contribution is 8.13. The van der Waals surface area contributed by atoms with Crippen LogP contribution < -0.4 is 41.7 Å². The highest BCUT2D eigenvalue weighted by atomic mass is 32.2. The van der Waals surface area contributed by atoms with Gasteiger partial charge in [-0.05, 0) is 25.7 Å². The van der Waals surface area contributed by atoms with Crippen molar-refractivity contribution < 1.29 is 109 Å². The molecule has 508 valence electrons. The molecular weight excluding hydrogens is 1260 g/mol. The first-order valence-corrected chi connectivity index (χ1v) is 33.6. The van der Waals surface area contributed by atoms with Gasteiger partial charge in [0.05, 0.1) is 76.4 Å². The molecule has 0 saturated carbocycles. The van der Waals surface area contributed by atoms with Crippen molar-refractivity contribution in [1.82, 2.24) is 51.8 Å². The number of aromatic nitrogens is 4. The summed E-state index contributed by atoms with van der Waals surface area (Å²) >= 11 is 1.90. The molecule has 6 heterocycles. The number of phosphoric acid groups is 2. The fourth-order valence-corrected chi connectivity index (χ4v) is 12.6. The first-order chi connectivity index (χ1) is 40.4. The van der Waals surface area contributed by atoms with Gasteiger partial charge in [0.2, 0.25) is 31.2 Å². The topological polar surface area (TPSA) is 503 Å². The van der Waals surface area contributed by atoms with Gasteiger partial charge >= 0.3 is 15.6 Å². The largest absolute Gasteiger partial charge is 0.478 e. The molecule has 15 N–H and O–H groups in total. The smallest absolute Gasteiger partial charge is 0.412 e. The maximum atomic E-state index is 12.7. The van der Waals surface area contributed by atoms with Gasteiger partial charge in [-0.25, -0.2) is 23.4 Å². The summed E-state index contributed by atoms with van der Waals surface area (Å²) in [6.07, 6.45) is 2.08. The number of H-pyrrole nitrogens is 2. The van der Waals surface area contributed by atoms with Gasteiger partial charge in [0.25, 0.3) is 7.47 Å². The number of nitrogens with one attached hydrogen (secondary N) is 8. The number of aliphatic hydroxyl groups excluding tert-OH is 1. The molecular formula is C47H94BN14O21P3S2. The number of carbonyl (C=O) groups is 6. The zero-order chi connectivity index (χ0) is 63.6. The van der Waals surface area contributed by atoms with Gasteiger partial charge < -0.3 is 91.5 Å². The van der Waals surface area contributed by atoms with Crippen LogP contribution in [0.3, 0.4) is 0 Å². The third-order valence-corrected chi connectivity index (χ3v) is 18.7. The van der Waals surface area contributed by atoms with Crippen LogP contribution in [0.1, 0.15) is 107 Å². The highest BCUT2D eigenvalue weighted by Gasteiger charge is 2.42. The van der Waals surface area contributed by atoms with Gasteiger partial charge in [0.15, 0.2) is 21.9 Å². The molecule has 0 aromatic carbocycles. The number of aliphatic imine (C=N–C) groups is 2. The Bertz CT molecular complexity index is 2920. The number of rotatable bonds is 30. The van der Waals surface area contributed by atoms with E-state index in [2.05, 4.69) is 66.1 Å². The normalized spacial score (nSPS) is 21.8. The zero-order valence-electron chi connectivity index (χ0n) is 50.2. The molecule has 4 aliphatic heterocycles. The number of imidazole rings is 2. The summed E-state index contributed by atoms with van der Waals surface area (Å²) in [7, 11) is -5.23. The molecule has 2 aromatic heterocycles. The Hall–Kier alpha value is -4.85. The van der Waals surface area contributed by atoms with Crippen LogP contribution >= 0.6 is 46.6 Å². The lowest BCUT2D eigenvalue weighted by molar-refractivity contribution is -0.137. The molecule has 41 heteroatoms. The van der Waals surface area contributed by atoms with Crippen LogP contribution in [0.15, 0.2) is 22.6 Å². The van der Waals surface area contributed by atoms with E-state index in [0.717, 1.165) is 35.0 Å². The molecule has 4 amide bonds. The van der Waals surface area contributed by atoms with Gasteiger partial charge in [-0.1, -0.05) is 58.1 Å². The lowest BCUT2D eigenvalue weighted by Gasteiger charge is -2.33. The number of hydrogen-bond donors (Lipinski definition) is 11. The van der Waals surface area contributed by atoms with Crippen molar-refractivity contribution in [2.45, 2.75) is 118 Å². The number of anilines is 2. The summed E-state index contributed by atoms with van der Waals surface area (Å²) in [5.41, 5.74) is -0.764. The lowest BCUT2D eigenvalue weighted by atomic mass is 9.80. The van der Waals surface area contributed by atoms with Gasteiger partial charge in [-0.15, -0.1) is 0 Å². The molecule has 0 spiro atoms. The average Bonchev–Trinajstić information content (AvgIpc) is 1.61. The first-order valence-electron chi connectivity index (χ1n) is 27.1. The van der Waals surface area contributed by atoms with Gasteiger partial charge in [0.1, 0.15) is 41.6 Å². The molecule has 2 aromatic rings. The van der Waals surface area contributed by atoms with E-state index < -0.39 is 82.8 Å². The van der Waals surface area contributed by atoms with Crippen LogP contribution in [-0.4, -0.2) is 208 Å². The Kier molecular flexibility index (Phi) is 30.9. The first kappa shape index (κ1) is 77.4. The average molecular weight is 1360 g/mol. The number of aromatic amines is 2. The number of fused-ring (bicyclic) bond motifs is 2. The second kappa shape index (κ2) is 35.1. The molecule has 6 rings (SSSR count). The summed E-state index contributed by atoms with van der Waals surface area (Å²) < 4.78 is 74.9. The van der Waals surface area contributed by atoms with Gasteiger partial charge in [-0.2, -0.15) is 0 Å². The van der Waals surface area contributed by atoms with Crippen molar-refractivity contribution in [1.29, 1.82) is 0 Å². The van der Waals surface area contributed by atoms with Crippen molar-refractivity contribution in [3.63, 3.8) is 0 Å². The zero-order valence-corrected chi connectivity index (χ0v) is 54.5. The number of carbonyl (C=O) groups excluding carboxylic acids is 6. The fraction of sp³-hybridized carbons (Fsp3) is 0.702. The van der Waals surface area contributed by atoms with Crippen LogP contribution in [0.2, 0.25) is 0 Å². The lowest BCUT2D eigenvalue weighted by Crippen LogP contribution is -2.49. The minimum Gasteiger partial charge on any atom is -0.412 e. The van der Waals surface area contributed by atoms with Crippen molar-refractivity contribution in [2.24, 2.45) is 26.7 Å². The number of ether oxygens (including phenoxy) is 2. The van der Waals surface area contributed by atoms with Crippen LogP contribution in [0.25, 0.3) is 0 Å². The molecule has 9 atom stereocenters. The number of nitrogens with zero attached hydrogens (tertiary/aromatic N) is 6. The Morgan fingerprint density at radius 3 is 1.60 bits per heavy atom. The minimum atomic E-state index is -5.08. The Labute approximate surface area is 527 Å². The van der Waals surface area contributed by atoms with E-state index in [1.54, 1.807) is 47.5 Å². The summed E-state index contributed by atoms with van der Waals surface area (Å²) in [5, 5.41) is 26.7. The maximum absolute atomic E-state index is 12.7. The number of thioether (sulfide) groups is 2. The Balaban J connectivity index is -0.000000797. The highest BCUT2D eigenvalue weighted by Crippen LogP contribution is 2.61. The molecule has 2 radical (unpaired) electrons. The predicted molar refractivity (Wildman–Crippen MR) is 337 cm³/mol. The molecule has 9 unspecified atom stereocenters. The van der Waals surface area contributed by atoms with Gasteiger partial charge in [-0.3, -0.25) is 56.9 Å². The van der Waals surface area contributed by atoms with Crippen LogP contribution in [-0.2, 0) is 74.3 Å². The summed E-state index contributed by atoms with van der Waals surface area (Å²) in [6, 6.07) is 0. The van der Waals surface area contributed by atoms with Crippen molar-refractivity contribution in [3.8, 4) is 0 Å². The summed E-state index contributed by atoms with van der Waals surface area (Å²) in [4.78, 5) is 118. The Morgan fingerprint density at radius 1 is 0.716 bits per heavy atom. The number of amides is 4. The van der Waals surface area contributed by atoms with E-state index in [4.69, 9.17) is 35.1 Å². The molecule has 2 saturated heterocycles. The summed E-state index contributed by atoms with van der Waals surface area (Å²) in [5.74, 6) is 0.525. The minimum absolute atomic E-state index is 0. The second-order valence-electron chi connectivity index (χ2n) is 21.2. The van der Waals surface area contributed by atoms with E-state index in [0.29, 0.717) is 62.2 Å². The monoisotopic (exact) mass is 1360 g/mol. The van der Waals surface area contributed by atoms with E-state index in [1.807, 2.05) is 9.80 Å². The molecule has 2 fully saturated rings. The number of aliphatic hydroxyl groups is 1. The number of phosphoric ester groups is 2. The Morgan fingerprint density at radius 2 is 1.15 bits per heavy atom. The van der Waals surface area contributed by atoms with Crippen molar-refractivity contribution in [3.05, 3.63) is 24.0 Å². The van der Waals surface area contributed by atoms with E-state index in [1.165, 1.54) is 27.7 Å². The third-order valence-electron chi connectivity index (χ3n) is 13.6. The number of amidine groups is 2. The van der Waals surface area contributed by atoms with E-state index in [-0.39, 0.29) is 105 Å². The molecule has 0 bridgehead atoms. The van der Waals surface area contributed by atoms with Crippen molar-refractivity contribution in [2.75, 3.05) is 88.5 Å². The van der Waals surface area contributed by atoms with E-state index >= 15 is 0 Å². The third kappa shape index (κ3) is 24.1. The van der Waals surface area contributed by atoms with Crippen LogP contribution in [0, 0.1) is 16.7 Å². The fourth-order valence-electron chi connectivity index (χ4n) is 8.40.